The van der Waals surface area contributed by atoms with E-state index in [1.165, 1.54) is 0 Å². The molecule has 0 spiro atoms. The number of aliphatic carboxylic acids is 1. The maximum Gasteiger partial charge on any atom is 0.329 e. The summed E-state index contributed by atoms with van der Waals surface area (Å²) < 4.78 is 9.94. The predicted molar refractivity (Wildman–Crippen MR) is 55.1 cm³/mol. The Balaban J connectivity index is 2.26. The lowest BCUT2D eigenvalue weighted by Crippen LogP contribution is -2.42. The van der Waals surface area contributed by atoms with Crippen LogP contribution in [-0.4, -0.2) is 61.4 Å². The van der Waals surface area contributed by atoms with Gasteiger partial charge in [0.1, 0.15) is 13.2 Å². The van der Waals surface area contributed by atoms with Crippen molar-refractivity contribution in [3.63, 3.8) is 0 Å². The first-order valence-electron chi connectivity index (χ1n) is 5.24. The number of carboxylic acids is 1. The Labute approximate surface area is 94.1 Å². The summed E-state index contributed by atoms with van der Waals surface area (Å²) in [5.41, 5.74) is 0. The van der Waals surface area contributed by atoms with Gasteiger partial charge in [-0.25, -0.2) is 4.79 Å². The molecule has 0 aromatic heterocycles. The van der Waals surface area contributed by atoms with Crippen LogP contribution in [0.15, 0.2) is 0 Å². The Morgan fingerprint density at radius 3 is 2.56 bits per heavy atom. The molecule has 6 nitrogen and oxygen atoms in total. The van der Waals surface area contributed by atoms with Crippen LogP contribution in [0.4, 0.5) is 0 Å². The molecule has 0 saturated carbocycles. The fourth-order valence-electron chi connectivity index (χ4n) is 1.60. The van der Waals surface area contributed by atoms with Crippen molar-refractivity contribution in [1.82, 2.24) is 4.90 Å². The van der Waals surface area contributed by atoms with Gasteiger partial charge in [-0.15, -0.1) is 0 Å². The Hall–Kier alpha value is -1.14. The van der Waals surface area contributed by atoms with Gasteiger partial charge in [0.2, 0.25) is 5.91 Å². The quantitative estimate of drug-likeness (QED) is 0.704. The molecule has 0 aliphatic carbocycles. The van der Waals surface area contributed by atoms with E-state index in [1.807, 2.05) is 0 Å². The fraction of sp³-hybridized carbons (Fsp3) is 0.800. The number of amides is 1. The highest BCUT2D eigenvalue weighted by molar-refractivity contribution is 5.78. The number of carbonyl (C=O) groups excluding carboxylic acids is 1. The molecule has 1 fully saturated rings. The van der Waals surface area contributed by atoms with E-state index in [1.54, 1.807) is 11.9 Å². The van der Waals surface area contributed by atoms with Crippen LogP contribution in [0.3, 0.4) is 0 Å². The van der Waals surface area contributed by atoms with E-state index < -0.39 is 12.6 Å². The lowest BCUT2D eigenvalue weighted by Gasteiger charge is -2.31. The smallest absolute Gasteiger partial charge is 0.329 e. The summed E-state index contributed by atoms with van der Waals surface area (Å²) in [5.74, 6) is -1.25. The number of carboxylic acid groups (broad SMARTS) is 1. The Bertz CT molecular complexity index is 250. The summed E-state index contributed by atoms with van der Waals surface area (Å²) in [4.78, 5) is 23.4. The van der Waals surface area contributed by atoms with Gasteiger partial charge in [-0.1, -0.05) is 0 Å². The second kappa shape index (κ2) is 6.44. The largest absolute Gasteiger partial charge is 0.480 e. The first-order valence-corrected chi connectivity index (χ1v) is 5.24. The molecule has 1 aliphatic rings. The normalized spacial score (nSPS) is 17.1. The molecule has 1 aliphatic heterocycles. The molecule has 1 rings (SSSR count). The molecule has 0 atom stereocenters. The molecular weight excluding hydrogens is 214 g/mol. The monoisotopic (exact) mass is 231 g/mol. The summed E-state index contributed by atoms with van der Waals surface area (Å²) in [6, 6.07) is 0.176. The first-order chi connectivity index (χ1) is 7.61. The van der Waals surface area contributed by atoms with Crippen molar-refractivity contribution in [1.29, 1.82) is 0 Å². The van der Waals surface area contributed by atoms with Crippen LogP contribution in [-0.2, 0) is 19.1 Å². The fourth-order valence-corrected chi connectivity index (χ4v) is 1.60. The maximum absolute atomic E-state index is 11.6. The minimum absolute atomic E-state index is 0.176. The third-order valence-corrected chi connectivity index (χ3v) is 2.58. The van der Waals surface area contributed by atoms with Crippen LogP contribution in [0.5, 0.6) is 0 Å². The highest BCUT2D eigenvalue weighted by atomic mass is 16.5. The average molecular weight is 231 g/mol. The van der Waals surface area contributed by atoms with Gasteiger partial charge in [0.05, 0.1) is 0 Å². The molecule has 1 amide bonds. The van der Waals surface area contributed by atoms with Crippen LogP contribution < -0.4 is 0 Å². The molecule has 1 heterocycles. The standard InChI is InChI=1S/C10H17NO5/c1-11(8-2-4-15-5-3-8)9(12)6-16-7-10(13)14/h8H,2-7H2,1H3,(H,13,14). The first kappa shape index (κ1) is 12.9. The molecule has 0 aromatic carbocycles. The Kier molecular flexibility index (Phi) is 5.21. The third kappa shape index (κ3) is 4.16. The van der Waals surface area contributed by atoms with Gasteiger partial charge < -0.3 is 19.5 Å². The average Bonchev–Trinajstić information content (AvgIpc) is 2.28. The number of likely N-dealkylation sites (N-methyl/N-ethyl adjacent to an activating group) is 1. The highest BCUT2D eigenvalue weighted by Gasteiger charge is 2.22. The number of hydrogen-bond acceptors (Lipinski definition) is 4. The van der Waals surface area contributed by atoms with Crippen molar-refractivity contribution >= 4 is 11.9 Å². The Morgan fingerprint density at radius 1 is 1.38 bits per heavy atom. The van der Waals surface area contributed by atoms with Crippen LogP contribution in [0.1, 0.15) is 12.8 Å². The molecule has 92 valence electrons. The van der Waals surface area contributed by atoms with Gasteiger partial charge >= 0.3 is 5.97 Å². The van der Waals surface area contributed by atoms with Gasteiger partial charge in [-0.2, -0.15) is 0 Å². The van der Waals surface area contributed by atoms with Gasteiger partial charge in [0.25, 0.3) is 0 Å². The summed E-state index contributed by atoms with van der Waals surface area (Å²) in [7, 11) is 1.71. The van der Waals surface area contributed by atoms with E-state index in [0.29, 0.717) is 13.2 Å². The second-order valence-corrected chi connectivity index (χ2v) is 3.73. The highest BCUT2D eigenvalue weighted by Crippen LogP contribution is 2.12. The summed E-state index contributed by atoms with van der Waals surface area (Å²) >= 11 is 0. The molecular formula is C10H17NO5. The number of hydrogen-bond donors (Lipinski definition) is 1. The van der Waals surface area contributed by atoms with E-state index >= 15 is 0 Å². The zero-order valence-corrected chi connectivity index (χ0v) is 9.35. The minimum atomic E-state index is -1.07. The zero-order valence-electron chi connectivity index (χ0n) is 9.35. The van der Waals surface area contributed by atoms with Gasteiger partial charge in [-0.3, -0.25) is 4.79 Å². The SMILES string of the molecule is CN(C(=O)COCC(=O)O)C1CCOCC1. The van der Waals surface area contributed by atoms with Crippen molar-refractivity contribution in [3.8, 4) is 0 Å². The van der Waals surface area contributed by atoms with Crippen LogP contribution >= 0.6 is 0 Å². The van der Waals surface area contributed by atoms with Crippen LogP contribution in [0.25, 0.3) is 0 Å². The lowest BCUT2D eigenvalue weighted by molar-refractivity contribution is -0.146. The second-order valence-electron chi connectivity index (χ2n) is 3.73. The van der Waals surface area contributed by atoms with Crippen LogP contribution in [0, 0.1) is 0 Å². The molecule has 0 bridgehead atoms. The third-order valence-electron chi connectivity index (χ3n) is 2.58. The summed E-state index contributed by atoms with van der Waals surface area (Å²) in [6.07, 6.45) is 1.64. The minimum Gasteiger partial charge on any atom is -0.480 e. The molecule has 16 heavy (non-hydrogen) atoms. The number of carbonyl (C=O) groups is 2. The number of ether oxygens (including phenoxy) is 2. The van der Waals surface area contributed by atoms with Gasteiger partial charge in [0, 0.05) is 26.3 Å². The van der Waals surface area contributed by atoms with Crippen LogP contribution in [0.2, 0.25) is 0 Å². The van der Waals surface area contributed by atoms with E-state index in [0.717, 1.165) is 12.8 Å². The van der Waals surface area contributed by atoms with E-state index in [-0.39, 0.29) is 18.6 Å². The molecule has 1 saturated heterocycles. The molecule has 0 radical (unpaired) electrons. The molecule has 0 aromatic rings. The van der Waals surface area contributed by atoms with Crippen molar-refractivity contribution in [2.45, 2.75) is 18.9 Å². The van der Waals surface area contributed by atoms with Crippen molar-refractivity contribution in [3.05, 3.63) is 0 Å². The predicted octanol–water partition coefficient (Wildman–Crippen LogP) is -0.275. The van der Waals surface area contributed by atoms with E-state index in [9.17, 15) is 9.59 Å². The maximum atomic E-state index is 11.6. The van der Waals surface area contributed by atoms with E-state index in [4.69, 9.17) is 14.6 Å². The van der Waals surface area contributed by atoms with Crippen molar-refractivity contribution in [2.24, 2.45) is 0 Å². The van der Waals surface area contributed by atoms with Gasteiger partial charge in [0.15, 0.2) is 0 Å². The van der Waals surface area contributed by atoms with E-state index in [2.05, 4.69) is 0 Å². The number of nitrogens with zero attached hydrogens (tertiary/aromatic N) is 1. The number of rotatable bonds is 5. The van der Waals surface area contributed by atoms with Crippen molar-refractivity contribution in [2.75, 3.05) is 33.5 Å². The molecule has 6 heteroatoms. The lowest BCUT2D eigenvalue weighted by atomic mass is 10.1. The van der Waals surface area contributed by atoms with Crippen molar-refractivity contribution < 1.29 is 24.2 Å². The zero-order chi connectivity index (χ0) is 12.0. The molecule has 0 unspecified atom stereocenters. The Morgan fingerprint density at radius 2 is 2.00 bits per heavy atom. The van der Waals surface area contributed by atoms with Gasteiger partial charge in [-0.05, 0) is 12.8 Å². The summed E-state index contributed by atoms with van der Waals surface area (Å²) in [6.45, 7) is 0.712. The topological polar surface area (TPSA) is 76.1 Å². The molecule has 1 N–H and O–H groups in total. The summed E-state index contributed by atoms with van der Waals surface area (Å²) in [5, 5.41) is 8.35.